The number of benzene rings is 1. The van der Waals surface area contributed by atoms with Gasteiger partial charge in [0.15, 0.2) is 0 Å². The zero-order chi connectivity index (χ0) is 11.9. The lowest BCUT2D eigenvalue weighted by atomic mass is 10.0. The highest BCUT2D eigenvalue weighted by Crippen LogP contribution is 2.26. The summed E-state index contributed by atoms with van der Waals surface area (Å²) in [6, 6.07) is 4.15. The van der Waals surface area contributed by atoms with E-state index in [9.17, 15) is 4.79 Å². The van der Waals surface area contributed by atoms with Crippen molar-refractivity contribution in [3.05, 3.63) is 34.5 Å². The second-order valence-electron chi connectivity index (χ2n) is 4.30. The number of aromatic amines is 1. The summed E-state index contributed by atoms with van der Waals surface area (Å²) in [6.07, 6.45) is 0.0781. The smallest absolute Gasteiger partial charge is 0.307 e. The van der Waals surface area contributed by atoms with Crippen molar-refractivity contribution >= 4 is 16.9 Å². The van der Waals surface area contributed by atoms with Crippen LogP contribution in [0.3, 0.4) is 0 Å². The van der Waals surface area contributed by atoms with Crippen molar-refractivity contribution in [2.24, 2.45) is 0 Å². The summed E-state index contributed by atoms with van der Waals surface area (Å²) in [6.45, 7) is 5.99. The Kier molecular flexibility index (Phi) is 2.46. The minimum Gasteiger partial charge on any atom is -0.481 e. The third-order valence-corrected chi connectivity index (χ3v) is 2.90. The fraction of sp³-hybridized carbons (Fsp3) is 0.308. The molecule has 2 rings (SSSR count). The lowest BCUT2D eigenvalue weighted by Gasteiger charge is -2.00. The van der Waals surface area contributed by atoms with Crippen LogP contribution in [0.2, 0.25) is 0 Å². The van der Waals surface area contributed by atoms with E-state index in [1.807, 2.05) is 26.8 Å². The number of fused-ring (bicyclic) bond motifs is 1. The Balaban J connectivity index is 2.73. The van der Waals surface area contributed by atoms with Gasteiger partial charge in [-0.05, 0) is 38.0 Å². The Morgan fingerprint density at radius 1 is 1.31 bits per heavy atom. The molecule has 2 N–H and O–H groups in total. The molecule has 0 amide bonds. The quantitative estimate of drug-likeness (QED) is 0.812. The molecule has 1 aromatic heterocycles. The third kappa shape index (κ3) is 1.69. The van der Waals surface area contributed by atoms with Crippen LogP contribution < -0.4 is 0 Å². The van der Waals surface area contributed by atoms with Crippen molar-refractivity contribution in [1.29, 1.82) is 0 Å². The summed E-state index contributed by atoms with van der Waals surface area (Å²) in [5, 5.41) is 9.93. The normalized spacial score (nSPS) is 10.9. The molecule has 0 aliphatic rings. The van der Waals surface area contributed by atoms with Crippen LogP contribution in [0.25, 0.3) is 10.9 Å². The number of nitrogens with one attached hydrogen (secondary N) is 1. The van der Waals surface area contributed by atoms with Gasteiger partial charge in [0.05, 0.1) is 6.42 Å². The van der Waals surface area contributed by atoms with Crippen LogP contribution in [0, 0.1) is 20.8 Å². The van der Waals surface area contributed by atoms with Crippen LogP contribution in [0.5, 0.6) is 0 Å². The summed E-state index contributed by atoms with van der Waals surface area (Å²) in [5.74, 6) is -0.789. The molecular weight excluding hydrogens is 202 g/mol. The summed E-state index contributed by atoms with van der Waals surface area (Å²) in [7, 11) is 0. The van der Waals surface area contributed by atoms with Crippen LogP contribution >= 0.6 is 0 Å². The molecule has 0 fully saturated rings. The van der Waals surface area contributed by atoms with Gasteiger partial charge in [0, 0.05) is 16.6 Å². The Labute approximate surface area is 94.1 Å². The Hall–Kier alpha value is -1.77. The third-order valence-electron chi connectivity index (χ3n) is 2.90. The average Bonchev–Trinajstić information content (AvgIpc) is 2.45. The van der Waals surface area contributed by atoms with Gasteiger partial charge >= 0.3 is 5.97 Å². The van der Waals surface area contributed by atoms with Gasteiger partial charge in [-0.3, -0.25) is 4.79 Å². The standard InChI is InChI=1S/C13H15NO2/c1-7-4-8(2)13-11(5-7)10(6-12(15)16)9(3)14-13/h4-5,14H,6H2,1-3H3,(H,15,16). The Morgan fingerprint density at radius 3 is 2.62 bits per heavy atom. The Bertz CT molecular complexity index is 567. The van der Waals surface area contributed by atoms with E-state index in [0.29, 0.717) is 0 Å². The fourth-order valence-electron chi connectivity index (χ4n) is 2.22. The molecule has 0 saturated heterocycles. The van der Waals surface area contributed by atoms with Crippen molar-refractivity contribution in [3.63, 3.8) is 0 Å². The zero-order valence-electron chi connectivity index (χ0n) is 9.72. The predicted molar refractivity (Wildman–Crippen MR) is 63.8 cm³/mol. The molecule has 0 spiro atoms. The van der Waals surface area contributed by atoms with Crippen molar-refractivity contribution in [2.75, 3.05) is 0 Å². The van der Waals surface area contributed by atoms with Gasteiger partial charge < -0.3 is 10.1 Å². The number of aryl methyl sites for hydroxylation is 3. The lowest BCUT2D eigenvalue weighted by Crippen LogP contribution is -2.00. The first-order valence-electron chi connectivity index (χ1n) is 5.29. The summed E-state index contributed by atoms with van der Waals surface area (Å²) in [4.78, 5) is 14.1. The number of aromatic nitrogens is 1. The molecule has 0 aliphatic carbocycles. The number of carboxylic acids is 1. The van der Waals surface area contributed by atoms with Gasteiger partial charge in [0.1, 0.15) is 0 Å². The molecule has 0 bridgehead atoms. The summed E-state index contributed by atoms with van der Waals surface area (Å²) < 4.78 is 0. The molecule has 0 aliphatic heterocycles. The highest BCUT2D eigenvalue weighted by molar-refractivity contribution is 5.90. The number of hydrogen-bond acceptors (Lipinski definition) is 1. The summed E-state index contributed by atoms with van der Waals surface area (Å²) >= 11 is 0. The molecule has 3 heteroatoms. The van der Waals surface area contributed by atoms with Crippen molar-refractivity contribution in [1.82, 2.24) is 4.98 Å². The van der Waals surface area contributed by atoms with Crippen LogP contribution in [-0.2, 0) is 11.2 Å². The van der Waals surface area contributed by atoms with Gasteiger partial charge in [0.2, 0.25) is 0 Å². The predicted octanol–water partition coefficient (Wildman–Crippen LogP) is 2.72. The van der Waals surface area contributed by atoms with Crippen LogP contribution in [0.1, 0.15) is 22.4 Å². The van der Waals surface area contributed by atoms with E-state index in [0.717, 1.165) is 33.3 Å². The second kappa shape index (κ2) is 3.67. The van der Waals surface area contributed by atoms with Crippen molar-refractivity contribution in [3.8, 4) is 0 Å². The molecule has 0 saturated carbocycles. The number of carboxylic acid groups (broad SMARTS) is 1. The second-order valence-corrected chi connectivity index (χ2v) is 4.30. The molecule has 0 unspecified atom stereocenters. The van der Waals surface area contributed by atoms with E-state index in [1.54, 1.807) is 0 Å². The number of H-pyrrole nitrogens is 1. The van der Waals surface area contributed by atoms with Gasteiger partial charge in [-0.1, -0.05) is 11.6 Å². The molecule has 2 aromatic rings. The van der Waals surface area contributed by atoms with Gasteiger partial charge in [-0.25, -0.2) is 0 Å². The monoisotopic (exact) mass is 217 g/mol. The van der Waals surface area contributed by atoms with Gasteiger partial charge in [0.25, 0.3) is 0 Å². The van der Waals surface area contributed by atoms with Crippen LogP contribution in [0.15, 0.2) is 12.1 Å². The van der Waals surface area contributed by atoms with E-state index in [4.69, 9.17) is 5.11 Å². The minimum atomic E-state index is -0.789. The first-order chi connectivity index (χ1) is 7.49. The maximum atomic E-state index is 10.8. The molecule has 0 atom stereocenters. The van der Waals surface area contributed by atoms with E-state index < -0.39 is 5.97 Å². The number of hydrogen-bond donors (Lipinski definition) is 2. The highest BCUT2D eigenvalue weighted by atomic mass is 16.4. The van der Waals surface area contributed by atoms with E-state index in [2.05, 4.69) is 11.1 Å². The van der Waals surface area contributed by atoms with Gasteiger partial charge in [-0.2, -0.15) is 0 Å². The fourth-order valence-corrected chi connectivity index (χ4v) is 2.22. The number of aliphatic carboxylic acids is 1. The van der Waals surface area contributed by atoms with Gasteiger partial charge in [-0.15, -0.1) is 0 Å². The zero-order valence-corrected chi connectivity index (χ0v) is 9.72. The first kappa shape index (κ1) is 10.7. The average molecular weight is 217 g/mol. The maximum Gasteiger partial charge on any atom is 0.307 e. The van der Waals surface area contributed by atoms with Crippen LogP contribution in [-0.4, -0.2) is 16.1 Å². The first-order valence-corrected chi connectivity index (χ1v) is 5.29. The van der Waals surface area contributed by atoms with E-state index in [1.165, 1.54) is 0 Å². The van der Waals surface area contributed by atoms with Crippen molar-refractivity contribution < 1.29 is 9.90 Å². The van der Waals surface area contributed by atoms with Crippen LogP contribution in [0.4, 0.5) is 0 Å². The van der Waals surface area contributed by atoms with E-state index in [-0.39, 0.29) is 6.42 Å². The molecule has 1 aromatic carbocycles. The molecule has 3 nitrogen and oxygen atoms in total. The lowest BCUT2D eigenvalue weighted by molar-refractivity contribution is -0.136. The maximum absolute atomic E-state index is 10.8. The number of rotatable bonds is 2. The number of carbonyl (C=O) groups is 1. The van der Waals surface area contributed by atoms with Crippen molar-refractivity contribution in [2.45, 2.75) is 27.2 Å². The molecular formula is C13H15NO2. The topological polar surface area (TPSA) is 53.1 Å². The largest absolute Gasteiger partial charge is 0.481 e. The molecule has 84 valence electrons. The minimum absolute atomic E-state index is 0.0781. The molecule has 16 heavy (non-hydrogen) atoms. The van der Waals surface area contributed by atoms with E-state index >= 15 is 0 Å². The highest BCUT2D eigenvalue weighted by Gasteiger charge is 2.13. The SMILES string of the molecule is Cc1cc(C)c2[nH]c(C)c(CC(=O)O)c2c1. The Morgan fingerprint density at radius 2 is 2.00 bits per heavy atom. The molecule has 1 heterocycles. The summed E-state index contributed by atoms with van der Waals surface area (Å²) in [5.41, 5.74) is 5.23. The molecule has 0 radical (unpaired) electrons.